The van der Waals surface area contributed by atoms with Crippen LogP contribution in [-0.4, -0.2) is 26.2 Å². The maximum atomic E-state index is 11.2. The fourth-order valence-electron chi connectivity index (χ4n) is 1.72. The lowest BCUT2D eigenvalue weighted by molar-refractivity contribution is -0.136. The topological polar surface area (TPSA) is 38.3 Å². The number of hydrogen-bond donors (Lipinski definition) is 1. The molecule has 0 saturated heterocycles. The van der Waals surface area contributed by atoms with Crippen LogP contribution in [0.2, 0.25) is 0 Å². The minimum atomic E-state index is -0.206. The molecule has 1 aliphatic carbocycles. The van der Waals surface area contributed by atoms with Crippen molar-refractivity contribution in [1.29, 1.82) is 0 Å². The van der Waals surface area contributed by atoms with E-state index >= 15 is 0 Å². The van der Waals surface area contributed by atoms with E-state index in [1.54, 1.807) is 0 Å². The van der Waals surface area contributed by atoms with E-state index < -0.39 is 0 Å². The van der Waals surface area contributed by atoms with Crippen LogP contribution in [0.3, 0.4) is 0 Å². The second kappa shape index (κ2) is 7.44. The molecule has 1 aliphatic rings. The van der Waals surface area contributed by atoms with Crippen LogP contribution < -0.4 is 5.32 Å². The Morgan fingerprint density at radius 1 is 1.50 bits per heavy atom. The van der Waals surface area contributed by atoms with E-state index in [1.807, 2.05) is 13.0 Å². The van der Waals surface area contributed by atoms with Crippen LogP contribution in [0, 0.1) is 5.92 Å². The van der Waals surface area contributed by atoms with Crippen LogP contribution in [-0.2, 0) is 9.53 Å². The average molecular weight is 225 g/mol. The third kappa shape index (κ3) is 5.31. The first kappa shape index (κ1) is 13.2. The lowest BCUT2D eigenvalue weighted by Crippen LogP contribution is -2.16. The normalized spacial score (nSPS) is 16.2. The summed E-state index contributed by atoms with van der Waals surface area (Å²) in [5.74, 6) is 0.806. The van der Waals surface area contributed by atoms with Crippen molar-refractivity contribution in [3.05, 3.63) is 11.6 Å². The number of rotatable bonds is 8. The molecule has 0 aromatic rings. The Bertz CT molecular complexity index is 244. The van der Waals surface area contributed by atoms with Crippen molar-refractivity contribution in [2.45, 2.75) is 39.0 Å². The quantitative estimate of drug-likeness (QED) is 0.391. The van der Waals surface area contributed by atoms with Gasteiger partial charge in [0, 0.05) is 12.1 Å². The minimum absolute atomic E-state index is 0.206. The van der Waals surface area contributed by atoms with Crippen molar-refractivity contribution >= 4 is 5.97 Å². The summed E-state index contributed by atoms with van der Waals surface area (Å²) in [5, 5.41) is 3.33. The fraction of sp³-hybridized carbons (Fsp3) is 0.769. The zero-order chi connectivity index (χ0) is 11.8. The Balaban J connectivity index is 2.05. The molecule has 3 heteroatoms. The largest absolute Gasteiger partial charge is 0.466 e. The highest BCUT2D eigenvalue weighted by Crippen LogP contribution is 2.33. The molecule has 3 nitrogen and oxygen atoms in total. The molecule has 0 heterocycles. The molecule has 0 aliphatic heterocycles. The number of carbonyl (C=O) groups excluding carboxylic acids is 1. The first-order valence-electron chi connectivity index (χ1n) is 6.26. The molecule has 1 fully saturated rings. The van der Waals surface area contributed by atoms with Gasteiger partial charge in [-0.2, -0.15) is 0 Å². The summed E-state index contributed by atoms with van der Waals surface area (Å²) in [6, 6.07) is 0. The standard InChI is InChI=1S/C13H23NO2/c1-3-12(13(15)16-2)8-10-14-9-4-5-11-6-7-11/h8,11,14H,3-7,9-10H2,1-2H3. The predicted octanol–water partition coefficient (Wildman–Crippen LogP) is 2.28. The number of ether oxygens (including phenoxy) is 1. The number of nitrogens with one attached hydrogen (secondary N) is 1. The average Bonchev–Trinajstić information content (AvgIpc) is 3.11. The summed E-state index contributed by atoms with van der Waals surface area (Å²) in [5.41, 5.74) is 0.761. The third-order valence-corrected chi connectivity index (χ3v) is 2.98. The Morgan fingerprint density at radius 3 is 2.81 bits per heavy atom. The highest BCUT2D eigenvalue weighted by Gasteiger charge is 2.19. The van der Waals surface area contributed by atoms with Crippen molar-refractivity contribution in [2.24, 2.45) is 5.92 Å². The Hall–Kier alpha value is -0.830. The van der Waals surface area contributed by atoms with Gasteiger partial charge in [-0.3, -0.25) is 0 Å². The van der Waals surface area contributed by atoms with Gasteiger partial charge in [-0.15, -0.1) is 0 Å². The highest BCUT2D eigenvalue weighted by atomic mass is 16.5. The first-order chi connectivity index (χ1) is 7.77. The van der Waals surface area contributed by atoms with E-state index in [0.29, 0.717) is 0 Å². The number of hydrogen-bond acceptors (Lipinski definition) is 3. The molecular formula is C13H23NO2. The molecule has 16 heavy (non-hydrogen) atoms. The lowest BCUT2D eigenvalue weighted by Gasteiger charge is -2.04. The molecule has 92 valence electrons. The molecule has 1 saturated carbocycles. The van der Waals surface area contributed by atoms with Crippen LogP contribution in [0.4, 0.5) is 0 Å². The Labute approximate surface area is 98.2 Å². The smallest absolute Gasteiger partial charge is 0.333 e. The van der Waals surface area contributed by atoms with Gasteiger partial charge in [0.05, 0.1) is 7.11 Å². The monoisotopic (exact) mass is 225 g/mol. The summed E-state index contributed by atoms with van der Waals surface area (Å²) >= 11 is 0. The molecule has 0 amide bonds. The van der Waals surface area contributed by atoms with Gasteiger partial charge in [0.25, 0.3) is 0 Å². The van der Waals surface area contributed by atoms with E-state index in [0.717, 1.165) is 31.0 Å². The van der Waals surface area contributed by atoms with E-state index in [4.69, 9.17) is 0 Å². The zero-order valence-corrected chi connectivity index (χ0v) is 10.4. The summed E-state index contributed by atoms with van der Waals surface area (Å²) in [4.78, 5) is 11.2. The van der Waals surface area contributed by atoms with Crippen LogP contribution in [0.15, 0.2) is 11.6 Å². The molecule has 0 spiro atoms. The van der Waals surface area contributed by atoms with Gasteiger partial charge >= 0.3 is 5.97 Å². The maximum Gasteiger partial charge on any atom is 0.333 e. The minimum Gasteiger partial charge on any atom is -0.466 e. The number of methoxy groups -OCH3 is 1. The summed E-state index contributed by atoms with van der Waals surface area (Å²) in [6.07, 6.45) is 8.14. The molecule has 0 atom stereocenters. The molecule has 0 radical (unpaired) electrons. The second-order valence-electron chi connectivity index (χ2n) is 4.36. The van der Waals surface area contributed by atoms with Gasteiger partial charge in [0.2, 0.25) is 0 Å². The number of esters is 1. The van der Waals surface area contributed by atoms with Crippen LogP contribution >= 0.6 is 0 Å². The van der Waals surface area contributed by atoms with Crippen molar-refractivity contribution in [1.82, 2.24) is 5.32 Å². The molecule has 0 bridgehead atoms. The van der Waals surface area contributed by atoms with Gasteiger partial charge in [-0.05, 0) is 31.7 Å². The fourth-order valence-corrected chi connectivity index (χ4v) is 1.72. The molecular weight excluding hydrogens is 202 g/mol. The van der Waals surface area contributed by atoms with E-state index in [-0.39, 0.29) is 5.97 Å². The van der Waals surface area contributed by atoms with Gasteiger partial charge < -0.3 is 10.1 Å². The number of carbonyl (C=O) groups is 1. The van der Waals surface area contributed by atoms with Crippen LogP contribution in [0.1, 0.15) is 39.0 Å². The third-order valence-electron chi connectivity index (χ3n) is 2.98. The van der Waals surface area contributed by atoms with Crippen molar-refractivity contribution in [3.8, 4) is 0 Å². The van der Waals surface area contributed by atoms with E-state index in [9.17, 15) is 4.79 Å². The lowest BCUT2D eigenvalue weighted by atomic mass is 10.2. The van der Waals surface area contributed by atoms with Crippen LogP contribution in [0.5, 0.6) is 0 Å². The first-order valence-corrected chi connectivity index (χ1v) is 6.26. The molecule has 1 rings (SSSR count). The summed E-state index contributed by atoms with van der Waals surface area (Å²) in [6.45, 7) is 3.78. The Kier molecular flexibility index (Phi) is 6.16. The highest BCUT2D eigenvalue weighted by molar-refractivity contribution is 5.88. The van der Waals surface area contributed by atoms with Crippen molar-refractivity contribution in [3.63, 3.8) is 0 Å². The summed E-state index contributed by atoms with van der Waals surface area (Å²) < 4.78 is 4.69. The summed E-state index contributed by atoms with van der Waals surface area (Å²) in [7, 11) is 1.43. The van der Waals surface area contributed by atoms with E-state index in [2.05, 4.69) is 10.1 Å². The second-order valence-corrected chi connectivity index (χ2v) is 4.36. The molecule has 0 unspecified atom stereocenters. The SMILES string of the molecule is CCC(=CCNCCCC1CC1)C(=O)OC. The predicted molar refractivity (Wildman–Crippen MR) is 65.2 cm³/mol. The van der Waals surface area contributed by atoms with Gasteiger partial charge in [0.15, 0.2) is 0 Å². The van der Waals surface area contributed by atoms with Crippen molar-refractivity contribution < 1.29 is 9.53 Å². The van der Waals surface area contributed by atoms with Crippen molar-refractivity contribution in [2.75, 3.05) is 20.2 Å². The van der Waals surface area contributed by atoms with E-state index in [1.165, 1.54) is 32.8 Å². The maximum absolute atomic E-state index is 11.2. The van der Waals surface area contributed by atoms with Gasteiger partial charge in [-0.1, -0.05) is 25.8 Å². The Morgan fingerprint density at radius 2 is 2.25 bits per heavy atom. The molecule has 0 aromatic heterocycles. The van der Waals surface area contributed by atoms with Gasteiger partial charge in [0.1, 0.15) is 0 Å². The molecule has 1 N–H and O–H groups in total. The zero-order valence-electron chi connectivity index (χ0n) is 10.4. The van der Waals surface area contributed by atoms with Gasteiger partial charge in [-0.25, -0.2) is 4.79 Å². The van der Waals surface area contributed by atoms with Crippen LogP contribution in [0.25, 0.3) is 0 Å². The molecule has 0 aromatic carbocycles.